The van der Waals surface area contributed by atoms with Crippen LogP contribution in [0, 0.1) is 5.41 Å². The van der Waals surface area contributed by atoms with Gasteiger partial charge in [0.15, 0.2) is 11.5 Å². The highest BCUT2D eigenvalue weighted by Gasteiger charge is 2.37. The number of nitrogens with one attached hydrogen (secondary N) is 1. The molecular formula is C36H50Cl2N4O3S. The first-order valence-corrected chi connectivity index (χ1v) is 17.9. The average molecular weight is 690 g/mol. The fourth-order valence-corrected chi connectivity index (χ4v) is 7.57. The fourth-order valence-electron chi connectivity index (χ4n) is 5.53. The highest BCUT2D eigenvalue weighted by molar-refractivity contribution is 8.01. The van der Waals surface area contributed by atoms with Crippen molar-refractivity contribution in [1.29, 1.82) is 0 Å². The lowest BCUT2D eigenvalue weighted by atomic mass is 9.87. The number of hydrogen-bond donors (Lipinski definition) is 1. The molecule has 1 unspecified atom stereocenters. The van der Waals surface area contributed by atoms with E-state index in [0.29, 0.717) is 28.2 Å². The molecule has 0 saturated carbocycles. The smallest absolute Gasteiger partial charge is 0.278 e. The normalized spacial score (nSPS) is 16.8. The monoisotopic (exact) mass is 688 g/mol. The molecule has 1 atom stereocenters. The summed E-state index contributed by atoms with van der Waals surface area (Å²) < 4.78 is 0.246. The van der Waals surface area contributed by atoms with Crippen LogP contribution in [0.3, 0.4) is 0 Å². The summed E-state index contributed by atoms with van der Waals surface area (Å²) in [5.74, 6) is -0.712. The van der Waals surface area contributed by atoms with Gasteiger partial charge in [-0.3, -0.25) is 14.5 Å². The van der Waals surface area contributed by atoms with Gasteiger partial charge >= 0.3 is 0 Å². The molecule has 1 amide bonds. The Labute approximate surface area is 289 Å². The number of hydrogen-bond acceptors (Lipinski definition) is 7. The summed E-state index contributed by atoms with van der Waals surface area (Å²) in [4.78, 5) is 47.3. The van der Waals surface area contributed by atoms with E-state index >= 15 is 0 Å². The third-order valence-electron chi connectivity index (χ3n) is 7.93. The molecule has 0 radical (unpaired) electrons. The Balaban J connectivity index is 1.65. The van der Waals surface area contributed by atoms with Crippen molar-refractivity contribution in [2.24, 2.45) is 10.4 Å². The molecule has 0 spiro atoms. The zero-order valence-electron chi connectivity index (χ0n) is 28.4. The molecule has 3 rings (SSSR count). The van der Waals surface area contributed by atoms with E-state index in [1.807, 2.05) is 24.3 Å². The van der Waals surface area contributed by atoms with Gasteiger partial charge in [0.2, 0.25) is 0 Å². The van der Waals surface area contributed by atoms with Crippen LogP contribution in [0.5, 0.6) is 0 Å². The minimum atomic E-state index is -0.809. The van der Waals surface area contributed by atoms with Crippen molar-refractivity contribution in [2.75, 3.05) is 36.4 Å². The Morgan fingerprint density at radius 1 is 1.04 bits per heavy atom. The minimum absolute atomic E-state index is 0.181. The summed E-state index contributed by atoms with van der Waals surface area (Å²) in [7, 11) is 0. The molecular weight excluding hydrogens is 639 g/mol. The third kappa shape index (κ3) is 11.7. The number of amides is 1. The van der Waals surface area contributed by atoms with Gasteiger partial charge in [0, 0.05) is 46.9 Å². The van der Waals surface area contributed by atoms with Gasteiger partial charge in [0.05, 0.1) is 21.8 Å². The van der Waals surface area contributed by atoms with E-state index in [9.17, 15) is 14.4 Å². The average Bonchev–Trinajstić information content (AvgIpc) is 3.27. The first-order valence-electron chi connectivity index (χ1n) is 16.3. The van der Waals surface area contributed by atoms with Crippen LogP contribution < -0.4 is 10.2 Å². The zero-order chi connectivity index (χ0) is 34.1. The Morgan fingerprint density at radius 3 is 2.35 bits per heavy atom. The Hall–Kier alpha value is -2.39. The number of halogens is 2. The van der Waals surface area contributed by atoms with Crippen molar-refractivity contribution in [2.45, 2.75) is 97.1 Å². The van der Waals surface area contributed by atoms with E-state index in [1.54, 1.807) is 39.8 Å². The van der Waals surface area contributed by atoms with Crippen molar-refractivity contribution >= 4 is 75.2 Å². The second kappa shape index (κ2) is 17.1. The van der Waals surface area contributed by atoms with Gasteiger partial charge in [0.1, 0.15) is 5.78 Å². The summed E-state index contributed by atoms with van der Waals surface area (Å²) in [6, 6.07) is 12.4. The van der Waals surface area contributed by atoms with Gasteiger partial charge in [0.25, 0.3) is 5.91 Å². The summed E-state index contributed by atoms with van der Waals surface area (Å²) in [5.41, 5.74) is 0.958. The van der Waals surface area contributed by atoms with Gasteiger partial charge in [-0.2, -0.15) is 0 Å². The molecule has 0 aromatic heterocycles. The van der Waals surface area contributed by atoms with E-state index in [1.165, 1.54) is 6.07 Å². The second-order valence-corrected chi connectivity index (χ2v) is 16.4. The van der Waals surface area contributed by atoms with Crippen LogP contribution in [-0.4, -0.2) is 64.4 Å². The summed E-state index contributed by atoms with van der Waals surface area (Å²) >= 11 is 14.3. The number of nitrogens with zero attached hydrogens (tertiary/aromatic N) is 3. The molecule has 2 aromatic rings. The Morgan fingerprint density at radius 2 is 1.74 bits per heavy atom. The van der Waals surface area contributed by atoms with Crippen LogP contribution in [0.25, 0.3) is 0 Å². The molecule has 2 aromatic carbocycles. The lowest BCUT2D eigenvalue weighted by Gasteiger charge is -2.26. The molecule has 46 heavy (non-hydrogen) atoms. The van der Waals surface area contributed by atoms with Gasteiger partial charge in [-0.15, -0.1) is 11.8 Å². The highest BCUT2D eigenvalue weighted by Crippen LogP contribution is 2.41. The maximum atomic E-state index is 13.3. The number of aliphatic imine (C=N–C) groups is 1. The van der Waals surface area contributed by atoms with Crippen LogP contribution in [0.1, 0.15) is 87.0 Å². The fraction of sp³-hybridized carbons (Fsp3) is 0.556. The summed E-state index contributed by atoms with van der Waals surface area (Å²) in [6.45, 7) is 17.8. The van der Waals surface area contributed by atoms with E-state index < -0.39 is 11.3 Å². The Kier molecular flexibility index (Phi) is 14.2. The van der Waals surface area contributed by atoms with Crippen LogP contribution >= 0.6 is 35.0 Å². The van der Waals surface area contributed by atoms with Crippen molar-refractivity contribution in [3.05, 3.63) is 52.5 Å². The van der Waals surface area contributed by atoms with E-state index in [4.69, 9.17) is 23.2 Å². The molecule has 1 N–H and O–H groups in total. The molecule has 7 nitrogen and oxygen atoms in total. The topological polar surface area (TPSA) is 82.1 Å². The molecule has 1 aliphatic heterocycles. The van der Waals surface area contributed by atoms with Crippen LogP contribution in [0.15, 0.2) is 47.5 Å². The molecule has 1 heterocycles. The molecule has 1 aliphatic rings. The molecule has 10 heteroatoms. The quantitative estimate of drug-likeness (QED) is 0.108. The summed E-state index contributed by atoms with van der Waals surface area (Å²) in [5, 5.41) is 3.94. The predicted octanol–water partition coefficient (Wildman–Crippen LogP) is 9.23. The number of carbonyl (C=O) groups is 3. The Bertz CT molecular complexity index is 1390. The van der Waals surface area contributed by atoms with Crippen molar-refractivity contribution in [3.8, 4) is 0 Å². The molecule has 0 bridgehead atoms. The SMILES string of the molecule is CCN(CCCC1SC(C)(C)CN1CCCCCC(C)=O)c1ccc(N=C(C(=O)Nc2ccc(Cl)cc2Cl)C(=O)C(C)(C)C)cc1. The van der Waals surface area contributed by atoms with Gasteiger partial charge in [-0.05, 0) is 102 Å². The second-order valence-electron chi connectivity index (χ2n) is 13.7. The van der Waals surface area contributed by atoms with Gasteiger partial charge in [-0.1, -0.05) is 50.4 Å². The number of anilines is 2. The first kappa shape index (κ1) is 38.1. The van der Waals surface area contributed by atoms with Crippen molar-refractivity contribution in [3.63, 3.8) is 0 Å². The maximum Gasteiger partial charge on any atom is 0.278 e. The molecule has 0 aliphatic carbocycles. The van der Waals surface area contributed by atoms with Gasteiger partial charge in [-0.25, -0.2) is 4.99 Å². The van der Waals surface area contributed by atoms with E-state index in [2.05, 4.69) is 52.6 Å². The maximum absolute atomic E-state index is 13.3. The predicted molar refractivity (Wildman–Crippen MR) is 196 cm³/mol. The third-order valence-corrected chi connectivity index (χ3v) is 10.0. The lowest BCUT2D eigenvalue weighted by Crippen LogP contribution is -2.37. The zero-order valence-corrected chi connectivity index (χ0v) is 30.7. The molecule has 252 valence electrons. The number of Topliss-reactive ketones (excluding diaryl/α,β-unsaturated/α-hetero) is 2. The summed E-state index contributed by atoms with van der Waals surface area (Å²) in [6.07, 6.45) is 6.10. The number of ketones is 2. The number of benzene rings is 2. The van der Waals surface area contributed by atoms with Crippen LogP contribution in [0.4, 0.5) is 17.1 Å². The lowest BCUT2D eigenvalue weighted by molar-refractivity contribution is -0.121. The van der Waals surface area contributed by atoms with E-state index in [0.717, 1.165) is 64.0 Å². The number of carbonyl (C=O) groups excluding carboxylic acids is 3. The van der Waals surface area contributed by atoms with Crippen LogP contribution in [-0.2, 0) is 14.4 Å². The van der Waals surface area contributed by atoms with Crippen LogP contribution in [0.2, 0.25) is 10.0 Å². The van der Waals surface area contributed by atoms with Crippen molar-refractivity contribution < 1.29 is 14.4 Å². The molecule has 1 saturated heterocycles. The van der Waals surface area contributed by atoms with Crippen molar-refractivity contribution in [1.82, 2.24) is 4.90 Å². The highest BCUT2D eigenvalue weighted by atomic mass is 35.5. The molecule has 1 fully saturated rings. The largest absolute Gasteiger partial charge is 0.372 e. The number of unbranched alkanes of at least 4 members (excludes halogenated alkanes) is 2. The minimum Gasteiger partial charge on any atom is -0.372 e. The number of rotatable bonds is 16. The standard InChI is InChI=1S/C36H50Cl2N4O3S/c1-8-41(22-12-14-31-42(24-36(6,7)46-31)21-11-9-10-13-25(2)43)28-18-16-27(17-19-28)39-32(33(44)35(3,4)5)34(45)40-30-20-15-26(37)23-29(30)38/h15-20,23,31H,8-14,21-22,24H2,1-7H3,(H,40,45). The first-order chi connectivity index (χ1) is 21.6. The van der Waals surface area contributed by atoms with Gasteiger partial charge < -0.3 is 15.0 Å². The number of thioether (sulfide) groups is 1. The van der Waals surface area contributed by atoms with E-state index in [-0.39, 0.29) is 27.0 Å².